The average Bonchev–Trinajstić information content (AvgIpc) is 0.793. The molecule has 0 bridgehead atoms. The summed E-state index contributed by atoms with van der Waals surface area (Å²) < 4.78 is 108. The number of nitrogens with one attached hydrogen (secondary N) is 1. The molecule has 0 aliphatic heterocycles. The molecule has 0 fully saturated rings. The smallest absolute Gasteiger partial charge is 0.469 e. The van der Waals surface area contributed by atoms with Crippen LogP contribution >= 0.6 is 11.8 Å². The third kappa shape index (κ3) is 47.6. The normalized spacial score (nSPS) is 12.0. The van der Waals surface area contributed by atoms with Gasteiger partial charge in [0.1, 0.15) is 43.7 Å². The first kappa shape index (κ1) is 120. The van der Waals surface area contributed by atoms with Gasteiger partial charge in [-0.1, -0.05) is 135 Å². The van der Waals surface area contributed by atoms with Gasteiger partial charge in [0.15, 0.2) is 42.3 Å². The van der Waals surface area contributed by atoms with E-state index in [4.69, 9.17) is 40.8 Å². The molecule has 0 spiro atoms. The Kier molecular flexibility index (Phi) is 52.3. The first-order valence-electron chi connectivity index (χ1n) is 45.5. The van der Waals surface area contributed by atoms with Crippen LogP contribution in [0.25, 0.3) is 0 Å². The number of esters is 5. The molecule has 133 heavy (non-hydrogen) atoms. The number of methoxy groups -OCH3 is 1. The van der Waals surface area contributed by atoms with E-state index in [1.54, 1.807) is 131 Å². The topological polar surface area (TPSA) is 267 Å². The van der Waals surface area contributed by atoms with E-state index in [0.717, 1.165) is 41.2 Å². The van der Waals surface area contributed by atoms with Crippen LogP contribution in [0, 0.1) is 33.0 Å². The van der Waals surface area contributed by atoms with E-state index >= 15 is 0 Å². The van der Waals surface area contributed by atoms with Gasteiger partial charge in [0, 0.05) is 73.2 Å². The maximum atomic E-state index is 12.5. The number of hydrogen-bond donors (Lipinski definition) is 1. The number of hydrogen-bond acceptors (Lipinski definition) is 21. The molecular formula is C103H149F4NO20SSi4. The van der Waals surface area contributed by atoms with Crippen molar-refractivity contribution in [3.05, 3.63) is 215 Å². The van der Waals surface area contributed by atoms with Crippen molar-refractivity contribution in [2.75, 3.05) is 58.7 Å². The van der Waals surface area contributed by atoms with Crippen LogP contribution in [0.2, 0.25) is 65.0 Å². The van der Waals surface area contributed by atoms with Crippen LogP contribution in [-0.2, 0) is 64.8 Å². The number of amides is 1. The second-order valence-corrected chi connectivity index (χ2v) is 55.9. The van der Waals surface area contributed by atoms with E-state index < -0.39 is 80.2 Å². The van der Waals surface area contributed by atoms with Crippen molar-refractivity contribution in [2.24, 2.45) is 33.0 Å². The van der Waals surface area contributed by atoms with Gasteiger partial charge >= 0.3 is 38.7 Å². The molecule has 7 rings (SSSR count). The van der Waals surface area contributed by atoms with Gasteiger partial charge in [-0.15, -0.1) is 0 Å². The molecular weight excluding hydrogens is 1790 g/mol. The highest BCUT2D eigenvalue weighted by Crippen LogP contribution is 2.34. The summed E-state index contributed by atoms with van der Waals surface area (Å²) in [6.07, 6.45) is -0.562. The zero-order valence-corrected chi connectivity index (χ0v) is 88.5. The third-order valence-corrected chi connectivity index (χ3v) is 34.0. The maximum absolute atomic E-state index is 12.5. The minimum Gasteiger partial charge on any atom is -0.497 e. The lowest BCUT2D eigenvalue weighted by Crippen LogP contribution is -2.60. The van der Waals surface area contributed by atoms with Crippen molar-refractivity contribution >= 4 is 104 Å². The highest BCUT2D eigenvalue weighted by molar-refractivity contribution is 7.99. The van der Waals surface area contributed by atoms with E-state index in [9.17, 15) is 60.7 Å². The molecule has 1 unspecified atom stereocenters. The van der Waals surface area contributed by atoms with Crippen molar-refractivity contribution in [1.82, 2.24) is 0 Å². The van der Waals surface area contributed by atoms with Gasteiger partial charge in [0.05, 0.1) is 54.5 Å². The Morgan fingerprint density at radius 1 is 0.353 bits per heavy atom. The van der Waals surface area contributed by atoms with E-state index in [0.29, 0.717) is 82.5 Å². The number of alkyl halides is 4. The number of carbonyl (C=O) groups is 9. The first-order chi connectivity index (χ1) is 62.0. The quantitative estimate of drug-likeness (QED) is 0.00927. The molecule has 30 heteroatoms. The summed E-state index contributed by atoms with van der Waals surface area (Å²) in [7, 11) is -6.83. The van der Waals surface area contributed by atoms with Crippen molar-refractivity contribution in [3.8, 4) is 17.2 Å². The van der Waals surface area contributed by atoms with Gasteiger partial charge in [-0.05, 0) is 281 Å². The molecule has 7 aromatic carbocycles. The Bertz CT molecular complexity index is 4560. The number of ether oxygens (including phenoxy) is 8. The van der Waals surface area contributed by atoms with E-state index in [-0.39, 0.29) is 105 Å². The van der Waals surface area contributed by atoms with Gasteiger partial charge < -0.3 is 55.6 Å². The molecule has 1 atom stereocenters. The third-order valence-electron chi connectivity index (χ3n) is 20.9. The van der Waals surface area contributed by atoms with Gasteiger partial charge in [-0.2, -0.15) is 0 Å². The Hall–Kier alpha value is -9.41. The maximum Gasteiger partial charge on any atom is 0.469 e. The van der Waals surface area contributed by atoms with Crippen molar-refractivity contribution in [2.45, 2.75) is 263 Å². The molecule has 0 heterocycles. The van der Waals surface area contributed by atoms with E-state index in [2.05, 4.69) is 73.7 Å². The number of benzene rings is 7. The fourth-order valence-corrected chi connectivity index (χ4v) is 26.0. The highest BCUT2D eigenvalue weighted by Gasteiger charge is 2.50. The molecule has 21 nitrogen and oxygen atoms in total. The highest BCUT2D eigenvalue weighted by atomic mass is 32.2. The van der Waals surface area contributed by atoms with Gasteiger partial charge in [-0.3, -0.25) is 43.2 Å². The largest absolute Gasteiger partial charge is 0.497 e. The molecule has 736 valence electrons. The van der Waals surface area contributed by atoms with Crippen LogP contribution in [0.1, 0.15) is 223 Å². The van der Waals surface area contributed by atoms with Crippen LogP contribution in [0.4, 0.5) is 23.2 Å². The van der Waals surface area contributed by atoms with Crippen molar-refractivity contribution < 1.29 is 111 Å². The molecule has 0 radical (unpaired) electrons. The Morgan fingerprint density at radius 2 is 0.639 bits per heavy atom. The molecule has 1 N–H and O–H groups in total. The number of ketones is 3. The fourth-order valence-electron chi connectivity index (χ4n) is 10.5. The summed E-state index contributed by atoms with van der Waals surface area (Å²) in [5, 5.41) is 2.97. The molecule has 0 aliphatic carbocycles. The second kappa shape index (κ2) is 58.1. The molecule has 0 saturated heterocycles. The molecule has 0 saturated carbocycles. The van der Waals surface area contributed by atoms with Gasteiger partial charge in [0.25, 0.3) is 0 Å². The SMILES string of the molecule is CCC(C)(C)C(=O)Nc1ccc(Sc2ccc(C(=O)c3ccccc3)cc2)cc1.CCC(C)(C)C(=O)OCCC(F)F.CCC(C)(C)C(=O)OCCC(F)F.CCC(C)(C)C(=O)OCCC[Si](O[Si](C)(C)C)(O[Si](C)(C)C)O[Si](C)(C)C.CCC(C)(C)C(=O)OCCOc1ccc(C(=O)c2ccccc2)cc1.CCC(C)C(=O)OCCOc1ccc(C(=O)c2ccc(OC)cc2)cc1. The Balaban J connectivity index is 0.000000552. The van der Waals surface area contributed by atoms with Crippen LogP contribution < -0.4 is 19.5 Å². The summed E-state index contributed by atoms with van der Waals surface area (Å²) in [6, 6.07) is 55.4. The lowest BCUT2D eigenvalue weighted by atomic mass is 9.89. The summed E-state index contributed by atoms with van der Waals surface area (Å²) in [5.41, 5.74) is 2.17. The summed E-state index contributed by atoms with van der Waals surface area (Å²) >= 11 is 1.62. The summed E-state index contributed by atoms with van der Waals surface area (Å²) in [6.45, 7) is 52.4. The minimum absolute atomic E-state index is 0.0251. The van der Waals surface area contributed by atoms with Crippen LogP contribution in [-0.4, -0.2) is 153 Å². The van der Waals surface area contributed by atoms with Crippen molar-refractivity contribution in [3.63, 3.8) is 0 Å². The fraction of sp³-hybridized carbons (Fsp3) is 0.505. The predicted octanol–water partition coefficient (Wildman–Crippen LogP) is 25.7. The standard InChI is InChI=1S/C25H25NO2S.C21H24O5.C21H24O4.C18H44O5Si4.2C9H16F2O2/c1-4-25(2,3)24(28)26-20-12-16-22(17-13-20)29-21-14-10-19(11-15-21)23(27)18-8-6-5-7-9-18;1-4-15(2)21(23)26-14-13-25-19-11-7-17(8-12-19)20(22)16-5-9-18(24-3)10-6-16;1-4-21(2,3)20(23)25-15-14-24-18-12-10-17(11-13-18)19(22)16-8-6-5-7-9-16;1-13-18(2,3)17(19)20-15-14-16-27(21-24(4,5)6,22-25(7,8)9)23-26(10,11)12;2*1-4-9(2,3)8(12)13-6-5-7(10)11/h5-17H,4H2,1-3H3,(H,26,28);5-12,15H,4,13-14H2,1-3H3;5-13H,4,14-15H2,1-3H3;13-16H2,1-12H3;2*7H,4-6H2,1-3H3. The Labute approximate surface area is 797 Å². The zero-order valence-electron chi connectivity index (χ0n) is 83.7. The molecule has 7 aromatic rings. The van der Waals surface area contributed by atoms with Crippen molar-refractivity contribution in [1.29, 1.82) is 0 Å². The van der Waals surface area contributed by atoms with E-state index in [1.807, 2.05) is 187 Å². The number of halogens is 4. The van der Waals surface area contributed by atoms with Crippen LogP contribution in [0.15, 0.2) is 192 Å². The van der Waals surface area contributed by atoms with Crippen LogP contribution in [0.3, 0.4) is 0 Å². The monoisotopic (exact) mass is 1940 g/mol. The second-order valence-electron chi connectivity index (χ2n) is 37.8. The molecule has 1 amide bonds. The summed E-state index contributed by atoms with van der Waals surface area (Å²) in [4.78, 5) is 110. The number of rotatable bonds is 46. The van der Waals surface area contributed by atoms with Gasteiger partial charge in [-0.25, -0.2) is 17.6 Å². The number of carbonyl (C=O) groups excluding carboxylic acids is 9. The first-order valence-corrected chi connectivity index (χ1v) is 58.5. The zero-order chi connectivity index (χ0) is 101. The number of anilines is 1. The predicted molar refractivity (Wildman–Crippen MR) is 530 cm³/mol. The minimum atomic E-state index is -2.83. The lowest BCUT2D eigenvalue weighted by Gasteiger charge is -2.42. The molecule has 0 aromatic heterocycles. The van der Waals surface area contributed by atoms with Crippen LogP contribution in [0.5, 0.6) is 17.2 Å². The summed E-state index contributed by atoms with van der Waals surface area (Å²) in [5.74, 6) is 0.440. The van der Waals surface area contributed by atoms with Gasteiger partial charge in [0.2, 0.25) is 18.8 Å². The average molecular weight is 1940 g/mol. The Morgan fingerprint density at radius 3 is 0.940 bits per heavy atom. The molecule has 0 aliphatic rings. The lowest BCUT2D eigenvalue weighted by molar-refractivity contribution is -0.155. The van der Waals surface area contributed by atoms with E-state index in [1.165, 1.54) is 0 Å².